The summed E-state index contributed by atoms with van der Waals surface area (Å²) in [6.45, 7) is 1.35. The van der Waals surface area contributed by atoms with E-state index in [0.717, 1.165) is 0 Å². The van der Waals surface area contributed by atoms with Crippen LogP contribution in [-0.2, 0) is 13.9 Å². The summed E-state index contributed by atoms with van der Waals surface area (Å²) < 4.78 is 16.2. The molecular formula is C9H11NaO4P+. The average Bonchev–Trinajstić information content (AvgIpc) is 2.19. The van der Waals surface area contributed by atoms with E-state index in [-0.39, 0.29) is 31.0 Å². The van der Waals surface area contributed by atoms with Crippen LogP contribution in [0.25, 0.3) is 0 Å². The summed E-state index contributed by atoms with van der Waals surface area (Å²) in [5.41, 5.74) is 0. The maximum absolute atomic E-state index is 11.4. The van der Waals surface area contributed by atoms with Crippen LogP contribution in [-0.4, -0.2) is 17.2 Å². The van der Waals surface area contributed by atoms with Gasteiger partial charge in [0.15, 0.2) is 0 Å². The van der Waals surface area contributed by atoms with Gasteiger partial charge >= 0.3 is 43.6 Å². The van der Waals surface area contributed by atoms with Crippen LogP contribution in [0.4, 0.5) is 0 Å². The van der Waals surface area contributed by atoms with Crippen molar-refractivity contribution < 1.29 is 50.0 Å². The molecule has 15 heavy (non-hydrogen) atoms. The minimum atomic E-state index is -2.08. The van der Waals surface area contributed by atoms with Crippen molar-refractivity contribution in [3.63, 3.8) is 0 Å². The second-order valence-corrected chi connectivity index (χ2v) is 3.92. The molecule has 0 amide bonds. The van der Waals surface area contributed by atoms with Crippen LogP contribution in [0.5, 0.6) is 0 Å². The van der Waals surface area contributed by atoms with Crippen LogP contribution in [0.15, 0.2) is 30.3 Å². The number of carbonyl (C=O) groups is 1. The predicted octanol–water partition coefficient (Wildman–Crippen LogP) is -1.34. The number of benzene rings is 1. The minimum absolute atomic E-state index is 0. The number of rotatable bonds is 4. The number of carboxylic acid groups (broad SMARTS) is 1. The molecule has 0 bridgehead atoms. The third-order valence-corrected chi connectivity index (χ3v) is 2.80. The molecule has 0 radical (unpaired) electrons. The third-order valence-electron chi connectivity index (χ3n) is 1.57. The Morgan fingerprint density at radius 2 is 2.00 bits per heavy atom. The summed E-state index contributed by atoms with van der Waals surface area (Å²) in [5, 5.41) is 9.02. The van der Waals surface area contributed by atoms with Crippen LogP contribution in [0.1, 0.15) is 8.35 Å². The Hall–Kier alpha value is -0.250. The number of hydrogen-bond donors (Lipinski definition) is 1. The standard InChI is InChI=1S/C9H9O4P.Na.H/c1-7(9(10)11)13-14(12)8-5-3-2-4-6-8;;/h2-7H,1H3;;/q;+1;-1/p+1. The topological polar surface area (TPSA) is 63.6 Å². The molecule has 0 aliphatic carbocycles. The van der Waals surface area contributed by atoms with Crippen molar-refractivity contribution in [1.29, 1.82) is 0 Å². The van der Waals surface area contributed by atoms with Gasteiger partial charge in [0.1, 0.15) is 0 Å². The minimum Gasteiger partial charge on any atom is -1.00 e. The van der Waals surface area contributed by atoms with E-state index in [1.807, 2.05) is 0 Å². The Balaban J connectivity index is 0. The molecule has 0 aliphatic rings. The van der Waals surface area contributed by atoms with Crippen molar-refractivity contribution in [2.75, 3.05) is 0 Å². The molecular weight excluding hydrogens is 226 g/mol. The van der Waals surface area contributed by atoms with Gasteiger partial charge in [-0.25, -0.2) is 4.79 Å². The SMILES string of the molecule is CC(O[P+](=O)c1ccccc1)C(=O)O.[H-].[Na+]. The second-order valence-electron chi connectivity index (χ2n) is 2.68. The van der Waals surface area contributed by atoms with Gasteiger partial charge in [-0.05, 0) is 23.6 Å². The molecule has 0 aliphatic heterocycles. The normalized spacial score (nSPS) is 12.5. The van der Waals surface area contributed by atoms with Gasteiger partial charge in [0.05, 0.1) is 0 Å². The van der Waals surface area contributed by atoms with Crippen molar-refractivity contribution in [3.05, 3.63) is 30.3 Å². The number of hydrogen-bond acceptors (Lipinski definition) is 3. The first-order valence-electron chi connectivity index (χ1n) is 4.03. The van der Waals surface area contributed by atoms with Gasteiger partial charge in [-0.1, -0.05) is 18.2 Å². The van der Waals surface area contributed by atoms with E-state index in [1.54, 1.807) is 30.3 Å². The van der Waals surface area contributed by atoms with Crippen molar-refractivity contribution in [3.8, 4) is 0 Å². The van der Waals surface area contributed by atoms with E-state index in [4.69, 9.17) is 9.63 Å². The zero-order chi connectivity index (χ0) is 10.6. The molecule has 6 heteroatoms. The Bertz CT molecular complexity index is 347. The van der Waals surface area contributed by atoms with Gasteiger partial charge in [0.2, 0.25) is 11.4 Å². The summed E-state index contributed by atoms with van der Waals surface area (Å²) in [5.74, 6) is -1.12. The molecule has 1 rings (SSSR count). The summed E-state index contributed by atoms with van der Waals surface area (Å²) in [4.78, 5) is 10.4. The summed E-state index contributed by atoms with van der Waals surface area (Å²) >= 11 is 0. The van der Waals surface area contributed by atoms with E-state index in [2.05, 4.69) is 0 Å². The van der Waals surface area contributed by atoms with E-state index >= 15 is 0 Å². The van der Waals surface area contributed by atoms with Gasteiger partial charge in [-0.3, -0.25) is 0 Å². The summed E-state index contributed by atoms with van der Waals surface area (Å²) in [6, 6.07) is 8.49. The van der Waals surface area contributed by atoms with Crippen molar-refractivity contribution >= 4 is 19.3 Å². The fourth-order valence-corrected chi connectivity index (χ4v) is 1.71. The Morgan fingerprint density at radius 3 is 2.47 bits per heavy atom. The maximum atomic E-state index is 11.4. The van der Waals surface area contributed by atoms with Gasteiger partial charge < -0.3 is 6.53 Å². The first kappa shape index (κ1) is 14.8. The van der Waals surface area contributed by atoms with Crippen LogP contribution in [0.3, 0.4) is 0 Å². The van der Waals surface area contributed by atoms with Crippen LogP contribution in [0.2, 0.25) is 0 Å². The van der Waals surface area contributed by atoms with Crippen molar-refractivity contribution in [1.82, 2.24) is 0 Å². The van der Waals surface area contributed by atoms with Crippen LogP contribution in [0, 0.1) is 0 Å². The maximum Gasteiger partial charge on any atom is 1.00 e. The first-order valence-corrected chi connectivity index (χ1v) is 5.21. The fraction of sp³-hybridized carbons (Fsp3) is 0.222. The molecule has 0 heterocycles. The Labute approximate surface area is 112 Å². The largest absolute Gasteiger partial charge is 1.00 e. The van der Waals surface area contributed by atoms with E-state index in [9.17, 15) is 9.36 Å². The molecule has 1 aromatic carbocycles. The molecule has 1 N–H and O–H groups in total. The molecule has 0 aromatic heterocycles. The van der Waals surface area contributed by atoms with E-state index in [1.165, 1.54) is 6.92 Å². The van der Waals surface area contributed by atoms with Gasteiger partial charge in [-0.15, -0.1) is 4.52 Å². The monoisotopic (exact) mass is 237 g/mol. The zero-order valence-corrected chi connectivity index (χ0v) is 11.5. The Kier molecular flexibility index (Phi) is 6.98. The quantitative estimate of drug-likeness (QED) is 0.520. The average molecular weight is 237 g/mol. The molecule has 2 atom stereocenters. The van der Waals surface area contributed by atoms with E-state index in [0.29, 0.717) is 5.30 Å². The molecule has 76 valence electrons. The first-order chi connectivity index (χ1) is 6.61. The van der Waals surface area contributed by atoms with E-state index < -0.39 is 20.1 Å². The van der Waals surface area contributed by atoms with Crippen LogP contribution < -0.4 is 34.9 Å². The zero-order valence-electron chi connectivity index (χ0n) is 9.58. The molecule has 2 unspecified atom stereocenters. The van der Waals surface area contributed by atoms with Gasteiger partial charge in [0.25, 0.3) is 0 Å². The summed E-state index contributed by atoms with van der Waals surface area (Å²) in [6.07, 6.45) is -1.06. The predicted molar refractivity (Wildman–Crippen MR) is 53.0 cm³/mol. The van der Waals surface area contributed by atoms with Crippen molar-refractivity contribution in [2.24, 2.45) is 0 Å². The molecule has 4 nitrogen and oxygen atoms in total. The molecule has 0 fully saturated rings. The van der Waals surface area contributed by atoms with Crippen LogP contribution >= 0.6 is 8.03 Å². The smallest absolute Gasteiger partial charge is 1.00 e. The molecule has 0 spiro atoms. The second kappa shape index (κ2) is 7.09. The summed E-state index contributed by atoms with van der Waals surface area (Å²) in [7, 11) is -2.08. The van der Waals surface area contributed by atoms with Gasteiger partial charge in [0, 0.05) is 0 Å². The van der Waals surface area contributed by atoms with Crippen molar-refractivity contribution in [2.45, 2.75) is 13.0 Å². The number of aliphatic carboxylic acids is 1. The molecule has 0 saturated heterocycles. The molecule has 1 aromatic rings. The fourth-order valence-electron chi connectivity index (χ4n) is 0.799. The number of carboxylic acids is 1. The molecule has 0 saturated carbocycles. The van der Waals surface area contributed by atoms with Gasteiger partial charge in [-0.2, -0.15) is 0 Å². The Morgan fingerprint density at radius 1 is 1.47 bits per heavy atom. The third kappa shape index (κ3) is 4.87.